The number of methoxy groups -OCH3 is 1. The minimum absolute atomic E-state index is 0.0109. The Labute approximate surface area is 103 Å². The number of carbonyl (C=O) groups is 3. The summed E-state index contributed by atoms with van der Waals surface area (Å²) in [7, 11) is 1.24. The predicted molar refractivity (Wildman–Crippen MR) is 64.6 cm³/mol. The van der Waals surface area contributed by atoms with Gasteiger partial charge in [-0.05, 0) is 12.8 Å². The highest BCUT2D eigenvalue weighted by Gasteiger charge is 2.28. The average molecular weight is 242 g/mol. The molecule has 0 N–H and O–H groups in total. The van der Waals surface area contributed by atoms with Gasteiger partial charge < -0.3 is 4.74 Å². The molecule has 1 unspecified atom stereocenters. The van der Waals surface area contributed by atoms with E-state index in [0.717, 1.165) is 19.3 Å². The summed E-state index contributed by atoms with van der Waals surface area (Å²) in [5.74, 6) is -1.71. The van der Waals surface area contributed by atoms with E-state index in [9.17, 15) is 14.4 Å². The maximum absolute atomic E-state index is 11.8. The molecule has 0 heterocycles. The molecule has 0 bridgehead atoms. The smallest absolute Gasteiger partial charge is 0.316 e. The lowest BCUT2D eigenvalue weighted by molar-refractivity contribution is -0.151. The van der Waals surface area contributed by atoms with Gasteiger partial charge in [-0.2, -0.15) is 0 Å². The number of rotatable bonds is 9. The maximum Gasteiger partial charge on any atom is 0.316 e. The summed E-state index contributed by atoms with van der Waals surface area (Å²) in [6, 6.07) is 0. The Kier molecular flexibility index (Phi) is 8.28. The van der Waals surface area contributed by atoms with Crippen LogP contribution in [0.2, 0.25) is 0 Å². The van der Waals surface area contributed by atoms with Crippen LogP contribution in [0.3, 0.4) is 0 Å². The molecule has 0 aromatic heterocycles. The lowest BCUT2D eigenvalue weighted by atomic mass is 9.93. The van der Waals surface area contributed by atoms with Crippen molar-refractivity contribution in [1.29, 1.82) is 0 Å². The molecule has 0 saturated heterocycles. The number of ether oxygens (including phenoxy) is 1. The Morgan fingerprint density at radius 1 is 1.06 bits per heavy atom. The third-order valence-corrected chi connectivity index (χ3v) is 2.61. The summed E-state index contributed by atoms with van der Waals surface area (Å²) in [5, 5.41) is 0. The standard InChI is InChI=1S/C13H22O4/c1-4-6-8-12(15)11(13(16)17-3)9-10(14)7-5-2/h11H,4-9H2,1-3H3. The van der Waals surface area contributed by atoms with Crippen molar-refractivity contribution in [3.8, 4) is 0 Å². The first-order valence-electron chi connectivity index (χ1n) is 6.19. The Bertz CT molecular complexity index is 271. The average Bonchev–Trinajstić information content (AvgIpc) is 2.32. The van der Waals surface area contributed by atoms with Crippen molar-refractivity contribution >= 4 is 17.5 Å². The molecule has 4 nitrogen and oxygen atoms in total. The summed E-state index contributed by atoms with van der Waals surface area (Å²) in [4.78, 5) is 34.7. The lowest BCUT2D eigenvalue weighted by Crippen LogP contribution is -2.27. The molecule has 0 rings (SSSR count). The summed E-state index contributed by atoms with van der Waals surface area (Å²) in [6.07, 6.45) is 3.11. The Hall–Kier alpha value is -1.19. The fraction of sp³-hybridized carbons (Fsp3) is 0.769. The first kappa shape index (κ1) is 15.8. The van der Waals surface area contributed by atoms with Crippen molar-refractivity contribution in [2.24, 2.45) is 5.92 Å². The summed E-state index contributed by atoms with van der Waals surface area (Å²) in [5.41, 5.74) is 0. The fourth-order valence-electron chi connectivity index (χ4n) is 1.60. The molecule has 1 atom stereocenters. The van der Waals surface area contributed by atoms with Crippen molar-refractivity contribution in [2.45, 2.75) is 52.4 Å². The van der Waals surface area contributed by atoms with Crippen LogP contribution in [0.1, 0.15) is 52.4 Å². The molecule has 0 aliphatic rings. The highest BCUT2D eigenvalue weighted by atomic mass is 16.5. The van der Waals surface area contributed by atoms with Crippen molar-refractivity contribution in [3.05, 3.63) is 0 Å². The predicted octanol–water partition coefficient (Wildman–Crippen LogP) is 2.29. The number of esters is 1. The second-order valence-electron chi connectivity index (χ2n) is 4.14. The minimum atomic E-state index is -0.898. The highest BCUT2D eigenvalue weighted by Crippen LogP contribution is 2.14. The zero-order chi connectivity index (χ0) is 13.3. The second kappa shape index (κ2) is 8.90. The van der Waals surface area contributed by atoms with Crippen LogP contribution < -0.4 is 0 Å². The van der Waals surface area contributed by atoms with Crippen LogP contribution in [0.4, 0.5) is 0 Å². The van der Waals surface area contributed by atoms with E-state index in [2.05, 4.69) is 4.74 Å². The Morgan fingerprint density at radius 3 is 2.18 bits per heavy atom. The lowest BCUT2D eigenvalue weighted by Gasteiger charge is -2.12. The molecule has 0 amide bonds. The van der Waals surface area contributed by atoms with Gasteiger partial charge in [-0.1, -0.05) is 20.3 Å². The normalized spacial score (nSPS) is 11.9. The summed E-state index contributed by atoms with van der Waals surface area (Å²) >= 11 is 0. The monoisotopic (exact) mass is 242 g/mol. The number of unbranched alkanes of at least 4 members (excludes halogenated alkanes) is 1. The number of Topliss-reactive ketones (excluding diaryl/α,β-unsaturated/α-hetero) is 2. The number of ketones is 2. The van der Waals surface area contributed by atoms with Crippen molar-refractivity contribution < 1.29 is 19.1 Å². The van der Waals surface area contributed by atoms with Crippen molar-refractivity contribution in [2.75, 3.05) is 7.11 Å². The molecule has 4 heteroatoms. The molecule has 0 fully saturated rings. The van der Waals surface area contributed by atoms with Gasteiger partial charge in [-0.15, -0.1) is 0 Å². The van der Waals surface area contributed by atoms with E-state index in [0.29, 0.717) is 12.8 Å². The zero-order valence-corrected chi connectivity index (χ0v) is 11.0. The van der Waals surface area contributed by atoms with Gasteiger partial charge in [0.25, 0.3) is 0 Å². The van der Waals surface area contributed by atoms with E-state index in [1.165, 1.54) is 7.11 Å². The minimum Gasteiger partial charge on any atom is -0.468 e. The number of hydrogen-bond donors (Lipinski definition) is 0. The van der Waals surface area contributed by atoms with Gasteiger partial charge in [0, 0.05) is 19.3 Å². The van der Waals surface area contributed by atoms with Crippen LogP contribution in [-0.4, -0.2) is 24.6 Å². The van der Waals surface area contributed by atoms with Gasteiger partial charge in [0.1, 0.15) is 17.5 Å². The zero-order valence-electron chi connectivity index (χ0n) is 11.0. The maximum atomic E-state index is 11.8. The van der Waals surface area contributed by atoms with Crippen molar-refractivity contribution in [1.82, 2.24) is 0 Å². The van der Waals surface area contributed by atoms with E-state index < -0.39 is 11.9 Å². The molecule has 0 saturated carbocycles. The highest BCUT2D eigenvalue weighted by molar-refractivity contribution is 6.02. The number of hydrogen-bond acceptors (Lipinski definition) is 4. The third kappa shape index (κ3) is 6.19. The largest absolute Gasteiger partial charge is 0.468 e. The van der Waals surface area contributed by atoms with Gasteiger partial charge in [-0.3, -0.25) is 14.4 Å². The summed E-state index contributed by atoms with van der Waals surface area (Å²) < 4.78 is 4.58. The topological polar surface area (TPSA) is 60.4 Å². The van der Waals surface area contributed by atoms with Gasteiger partial charge in [0.2, 0.25) is 0 Å². The van der Waals surface area contributed by atoms with Crippen LogP contribution in [-0.2, 0) is 19.1 Å². The molecule has 0 radical (unpaired) electrons. The van der Waals surface area contributed by atoms with Gasteiger partial charge in [0.05, 0.1) is 7.11 Å². The Morgan fingerprint density at radius 2 is 1.71 bits per heavy atom. The molecular weight excluding hydrogens is 220 g/mol. The van der Waals surface area contributed by atoms with Crippen molar-refractivity contribution in [3.63, 3.8) is 0 Å². The van der Waals surface area contributed by atoms with Gasteiger partial charge in [-0.25, -0.2) is 0 Å². The summed E-state index contributed by atoms with van der Waals surface area (Å²) in [6.45, 7) is 3.87. The second-order valence-corrected chi connectivity index (χ2v) is 4.14. The molecule has 0 aromatic rings. The van der Waals surface area contributed by atoms with E-state index >= 15 is 0 Å². The quantitative estimate of drug-likeness (QED) is 0.460. The molecular formula is C13H22O4. The van der Waals surface area contributed by atoms with Crippen LogP contribution >= 0.6 is 0 Å². The van der Waals surface area contributed by atoms with Crippen LogP contribution in [0.15, 0.2) is 0 Å². The molecule has 0 spiro atoms. The number of carbonyl (C=O) groups excluding carboxylic acids is 3. The van der Waals surface area contributed by atoms with E-state index in [1.54, 1.807) is 0 Å². The molecule has 0 aliphatic heterocycles. The first-order chi connectivity index (χ1) is 8.06. The first-order valence-corrected chi connectivity index (χ1v) is 6.19. The van der Waals surface area contributed by atoms with Gasteiger partial charge >= 0.3 is 5.97 Å². The van der Waals surface area contributed by atoms with Crippen LogP contribution in [0.5, 0.6) is 0 Å². The molecule has 0 aliphatic carbocycles. The molecule has 0 aromatic carbocycles. The third-order valence-electron chi connectivity index (χ3n) is 2.61. The molecule has 17 heavy (non-hydrogen) atoms. The van der Waals surface area contributed by atoms with E-state index in [1.807, 2.05) is 13.8 Å². The van der Waals surface area contributed by atoms with Crippen LogP contribution in [0, 0.1) is 5.92 Å². The Balaban J connectivity index is 4.47. The SMILES string of the molecule is CCCCC(=O)C(CC(=O)CCC)C(=O)OC. The van der Waals surface area contributed by atoms with Gasteiger partial charge in [0.15, 0.2) is 0 Å². The molecule has 98 valence electrons. The fourth-order valence-corrected chi connectivity index (χ4v) is 1.60. The van der Waals surface area contributed by atoms with E-state index in [-0.39, 0.29) is 18.0 Å². The van der Waals surface area contributed by atoms with Crippen LogP contribution in [0.25, 0.3) is 0 Å². The van der Waals surface area contributed by atoms with E-state index in [4.69, 9.17) is 0 Å².